The minimum Gasteiger partial charge on any atom is -0.462 e. The number of halogens is 1. The van der Waals surface area contributed by atoms with Gasteiger partial charge in [0.15, 0.2) is 0 Å². The van der Waals surface area contributed by atoms with Gasteiger partial charge in [-0.1, -0.05) is 29.8 Å². The van der Waals surface area contributed by atoms with Crippen LogP contribution in [0.15, 0.2) is 0 Å². The number of ether oxygens (including phenoxy) is 2. The quantitative estimate of drug-likeness (QED) is 0.542. The van der Waals surface area contributed by atoms with Crippen LogP contribution in [-0.2, 0) is 19.1 Å². The molecule has 0 heterocycles. The molecule has 0 aromatic heterocycles. The SMILES string of the molecule is CCC(=O)OC[C@@H](CBr)OC(=O)CC. The van der Waals surface area contributed by atoms with Gasteiger partial charge in [0, 0.05) is 18.2 Å². The Labute approximate surface area is 92.1 Å². The van der Waals surface area contributed by atoms with E-state index in [0.29, 0.717) is 18.2 Å². The maximum absolute atomic E-state index is 10.9. The van der Waals surface area contributed by atoms with Gasteiger partial charge in [0.2, 0.25) is 0 Å². The molecule has 4 nitrogen and oxygen atoms in total. The molecule has 0 aliphatic heterocycles. The second-order valence-electron chi connectivity index (χ2n) is 2.66. The van der Waals surface area contributed by atoms with E-state index in [1.807, 2.05) is 0 Å². The van der Waals surface area contributed by atoms with Gasteiger partial charge in [-0.15, -0.1) is 0 Å². The first-order valence-electron chi connectivity index (χ1n) is 4.55. The summed E-state index contributed by atoms with van der Waals surface area (Å²) in [6, 6.07) is 0. The second kappa shape index (κ2) is 7.79. The van der Waals surface area contributed by atoms with Crippen molar-refractivity contribution < 1.29 is 19.1 Å². The minimum atomic E-state index is -0.391. The summed E-state index contributed by atoms with van der Waals surface area (Å²) >= 11 is 3.18. The molecule has 0 unspecified atom stereocenters. The highest BCUT2D eigenvalue weighted by molar-refractivity contribution is 9.09. The lowest BCUT2D eigenvalue weighted by atomic mass is 10.4. The largest absolute Gasteiger partial charge is 0.462 e. The average Bonchev–Trinajstić information content (AvgIpc) is 2.22. The Bertz CT molecular complexity index is 193. The summed E-state index contributed by atoms with van der Waals surface area (Å²) < 4.78 is 9.82. The summed E-state index contributed by atoms with van der Waals surface area (Å²) in [5, 5.41) is 0.468. The molecule has 0 radical (unpaired) electrons. The van der Waals surface area contributed by atoms with Gasteiger partial charge in [0.25, 0.3) is 0 Å². The topological polar surface area (TPSA) is 52.6 Å². The zero-order valence-corrected chi connectivity index (χ0v) is 10.0. The Morgan fingerprint density at radius 2 is 1.79 bits per heavy atom. The van der Waals surface area contributed by atoms with Crippen LogP contribution in [-0.4, -0.2) is 30.0 Å². The van der Waals surface area contributed by atoms with Gasteiger partial charge in [0.1, 0.15) is 12.7 Å². The van der Waals surface area contributed by atoms with Crippen LogP contribution >= 0.6 is 15.9 Å². The standard InChI is InChI=1S/C9H15BrO4/c1-3-8(11)13-6-7(5-10)14-9(12)4-2/h7H,3-6H2,1-2H3/t7-/m1/s1. The predicted octanol–water partition coefficient (Wildman–Crippen LogP) is 1.66. The van der Waals surface area contributed by atoms with Crippen molar-refractivity contribution in [2.75, 3.05) is 11.9 Å². The zero-order valence-electron chi connectivity index (χ0n) is 8.42. The summed E-state index contributed by atoms with van der Waals surface area (Å²) in [5.41, 5.74) is 0. The third-order valence-corrected chi connectivity index (χ3v) is 2.20. The molecule has 0 saturated heterocycles. The van der Waals surface area contributed by atoms with Crippen LogP contribution in [0.25, 0.3) is 0 Å². The first-order chi connectivity index (χ1) is 6.63. The summed E-state index contributed by atoms with van der Waals surface area (Å²) in [6.45, 7) is 3.54. The molecule has 0 spiro atoms. The molecule has 0 saturated carbocycles. The highest BCUT2D eigenvalue weighted by Gasteiger charge is 2.13. The van der Waals surface area contributed by atoms with Gasteiger partial charge < -0.3 is 9.47 Å². The maximum Gasteiger partial charge on any atom is 0.305 e. The maximum atomic E-state index is 10.9. The van der Waals surface area contributed by atoms with Crippen LogP contribution < -0.4 is 0 Å². The first kappa shape index (κ1) is 13.4. The Morgan fingerprint density at radius 3 is 2.21 bits per heavy atom. The predicted molar refractivity (Wildman–Crippen MR) is 55.2 cm³/mol. The zero-order chi connectivity index (χ0) is 11.0. The van der Waals surface area contributed by atoms with Gasteiger partial charge in [-0.3, -0.25) is 9.59 Å². The van der Waals surface area contributed by atoms with E-state index in [-0.39, 0.29) is 18.5 Å². The van der Waals surface area contributed by atoms with E-state index >= 15 is 0 Å². The molecule has 0 rings (SSSR count). The second-order valence-corrected chi connectivity index (χ2v) is 3.30. The van der Waals surface area contributed by atoms with Crippen molar-refractivity contribution in [3.8, 4) is 0 Å². The molecule has 0 bridgehead atoms. The lowest BCUT2D eigenvalue weighted by Crippen LogP contribution is -2.26. The van der Waals surface area contributed by atoms with E-state index in [2.05, 4.69) is 15.9 Å². The highest BCUT2D eigenvalue weighted by Crippen LogP contribution is 2.01. The van der Waals surface area contributed by atoms with Crippen molar-refractivity contribution in [2.45, 2.75) is 32.8 Å². The van der Waals surface area contributed by atoms with Gasteiger partial charge in [-0.25, -0.2) is 0 Å². The molecule has 14 heavy (non-hydrogen) atoms. The van der Waals surface area contributed by atoms with Crippen molar-refractivity contribution in [2.24, 2.45) is 0 Å². The van der Waals surface area contributed by atoms with Crippen LogP contribution in [0, 0.1) is 0 Å². The van der Waals surface area contributed by atoms with Gasteiger partial charge in [0.05, 0.1) is 0 Å². The van der Waals surface area contributed by atoms with Crippen LogP contribution in [0.4, 0.5) is 0 Å². The fourth-order valence-electron chi connectivity index (χ4n) is 0.667. The van der Waals surface area contributed by atoms with E-state index in [9.17, 15) is 9.59 Å². The fourth-order valence-corrected chi connectivity index (χ4v) is 0.986. The monoisotopic (exact) mass is 266 g/mol. The summed E-state index contributed by atoms with van der Waals surface area (Å²) in [6.07, 6.45) is 0.264. The van der Waals surface area contributed by atoms with Crippen LogP contribution in [0.2, 0.25) is 0 Å². The molecular formula is C9H15BrO4. The average molecular weight is 267 g/mol. The highest BCUT2D eigenvalue weighted by atomic mass is 79.9. The van der Waals surface area contributed by atoms with E-state index in [0.717, 1.165) is 0 Å². The van der Waals surface area contributed by atoms with Crippen molar-refractivity contribution in [3.05, 3.63) is 0 Å². The van der Waals surface area contributed by atoms with E-state index in [1.165, 1.54) is 0 Å². The summed E-state index contributed by atoms with van der Waals surface area (Å²) in [4.78, 5) is 21.7. The smallest absolute Gasteiger partial charge is 0.305 e. The molecule has 0 aromatic carbocycles. The molecule has 0 N–H and O–H groups in total. The minimum absolute atomic E-state index is 0.115. The van der Waals surface area contributed by atoms with Crippen molar-refractivity contribution in [1.29, 1.82) is 0 Å². The van der Waals surface area contributed by atoms with Crippen molar-refractivity contribution in [3.63, 3.8) is 0 Å². The number of esters is 2. The Morgan fingerprint density at radius 1 is 1.21 bits per heavy atom. The Balaban J connectivity index is 3.79. The third kappa shape index (κ3) is 5.96. The molecule has 0 amide bonds. The molecule has 0 aromatic rings. The number of carbonyl (C=O) groups excluding carboxylic acids is 2. The van der Waals surface area contributed by atoms with E-state index in [1.54, 1.807) is 13.8 Å². The van der Waals surface area contributed by atoms with E-state index < -0.39 is 6.10 Å². The van der Waals surface area contributed by atoms with Gasteiger partial charge >= 0.3 is 11.9 Å². The lowest BCUT2D eigenvalue weighted by Gasteiger charge is -2.14. The van der Waals surface area contributed by atoms with Gasteiger partial charge in [-0.2, -0.15) is 0 Å². The fraction of sp³-hybridized carbons (Fsp3) is 0.778. The van der Waals surface area contributed by atoms with Crippen LogP contribution in [0.3, 0.4) is 0 Å². The molecule has 0 aliphatic rings. The van der Waals surface area contributed by atoms with Crippen LogP contribution in [0.5, 0.6) is 0 Å². The number of alkyl halides is 1. The summed E-state index contributed by atoms with van der Waals surface area (Å²) in [7, 11) is 0. The Hall–Kier alpha value is -0.580. The lowest BCUT2D eigenvalue weighted by molar-refractivity contribution is -0.157. The number of rotatable bonds is 6. The summed E-state index contributed by atoms with van der Waals surface area (Å²) in [5.74, 6) is -0.578. The first-order valence-corrected chi connectivity index (χ1v) is 5.67. The number of hydrogen-bond acceptors (Lipinski definition) is 4. The molecular weight excluding hydrogens is 252 g/mol. The molecule has 5 heteroatoms. The molecule has 1 atom stereocenters. The number of carbonyl (C=O) groups is 2. The Kier molecular flexibility index (Phi) is 7.47. The molecule has 0 fully saturated rings. The molecule has 0 aliphatic carbocycles. The van der Waals surface area contributed by atoms with Crippen LogP contribution in [0.1, 0.15) is 26.7 Å². The third-order valence-electron chi connectivity index (χ3n) is 1.48. The van der Waals surface area contributed by atoms with E-state index in [4.69, 9.17) is 9.47 Å². The number of hydrogen-bond donors (Lipinski definition) is 0. The van der Waals surface area contributed by atoms with Crippen molar-refractivity contribution >= 4 is 27.9 Å². The van der Waals surface area contributed by atoms with Crippen molar-refractivity contribution in [1.82, 2.24) is 0 Å². The normalized spacial score (nSPS) is 11.9. The molecule has 82 valence electrons. The van der Waals surface area contributed by atoms with Gasteiger partial charge in [-0.05, 0) is 0 Å².